The van der Waals surface area contributed by atoms with Crippen LogP contribution >= 0.6 is 0 Å². The molecule has 0 aromatic heterocycles. The Balaban J connectivity index is 2.28. The molecular formula is C16H16O7. The Kier molecular flexibility index (Phi) is 3.45. The molecule has 1 aliphatic heterocycles. The second-order valence-corrected chi connectivity index (χ2v) is 5.65. The molecule has 7 heteroatoms. The van der Waals surface area contributed by atoms with Gasteiger partial charge in [0.25, 0.3) is 0 Å². The topological polar surface area (TPSA) is 127 Å². The molecule has 0 bridgehead atoms. The first-order valence-electron chi connectivity index (χ1n) is 7.09. The summed E-state index contributed by atoms with van der Waals surface area (Å²) in [4.78, 5) is 10.9. The number of aliphatic carboxylic acids is 1. The Morgan fingerprint density at radius 1 is 1.13 bits per heavy atom. The van der Waals surface area contributed by atoms with Gasteiger partial charge < -0.3 is 30.3 Å². The van der Waals surface area contributed by atoms with Crippen LogP contribution in [-0.4, -0.2) is 37.6 Å². The van der Waals surface area contributed by atoms with Crippen molar-refractivity contribution in [3.63, 3.8) is 0 Å². The standard InChI is InChI=1S/C16H16O7/c1-6-12-8(4-7(23-6)5-11(19)20)15(21)13-9(17)2-3-10(18)14(13)16(12)22/h2-3,6-7,17-18,21-22H,4-5H2,1H3,(H,19,20). The molecule has 0 saturated heterocycles. The summed E-state index contributed by atoms with van der Waals surface area (Å²) in [6.07, 6.45) is -1.48. The van der Waals surface area contributed by atoms with E-state index < -0.39 is 18.2 Å². The summed E-state index contributed by atoms with van der Waals surface area (Å²) < 4.78 is 5.58. The van der Waals surface area contributed by atoms with Crippen LogP contribution in [0.3, 0.4) is 0 Å². The number of fused-ring (bicyclic) bond motifs is 2. The van der Waals surface area contributed by atoms with Gasteiger partial charge in [0.2, 0.25) is 0 Å². The number of aromatic hydroxyl groups is 4. The summed E-state index contributed by atoms with van der Waals surface area (Å²) in [7, 11) is 0. The van der Waals surface area contributed by atoms with E-state index in [4.69, 9.17) is 9.84 Å². The Morgan fingerprint density at radius 2 is 1.70 bits per heavy atom. The molecule has 0 amide bonds. The average Bonchev–Trinajstić information content (AvgIpc) is 2.45. The van der Waals surface area contributed by atoms with Gasteiger partial charge in [-0.1, -0.05) is 0 Å². The Labute approximate surface area is 131 Å². The highest BCUT2D eigenvalue weighted by atomic mass is 16.5. The van der Waals surface area contributed by atoms with Crippen molar-refractivity contribution >= 4 is 16.7 Å². The van der Waals surface area contributed by atoms with E-state index in [0.717, 1.165) is 0 Å². The lowest BCUT2D eigenvalue weighted by molar-refractivity contribution is -0.141. The zero-order valence-electron chi connectivity index (χ0n) is 12.3. The molecule has 0 aliphatic carbocycles. The Bertz CT molecular complexity index is 812. The number of carboxylic acid groups (broad SMARTS) is 1. The zero-order chi connectivity index (χ0) is 16.9. The lowest BCUT2D eigenvalue weighted by atomic mass is 9.88. The van der Waals surface area contributed by atoms with Crippen molar-refractivity contribution in [2.45, 2.75) is 32.0 Å². The molecule has 0 spiro atoms. The van der Waals surface area contributed by atoms with Crippen LogP contribution in [0.25, 0.3) is 10.8 Å². The number of carbonyl (C=O) groups is 1. The number of ether oxygens (including phenoxy) is 1. The van der Waals surface area contributed by atoms with Gasteiger partial charge in [-0.05, 0) is 19.1 Å². The highest BCUT2D eigenvalue weighted by molar-refractivity contribution is 6.03. The summed E-state index contributed by atoms with van der Waals surface area (Å²) in [5, 5.41) is 49.7. The van der Waals surface area contributed by atoms with Gasteiger partial charge >= 0.3 is 5.97 Å². The minimum Gasteiger partial charge on any atom is -0.507 e. The van der Waals surface area contributed by atoms with E-state index >= 15 is 0 Å². The van der Waals surface area contributed by atoms with Crippen LogP contribution in [0.1, 0.15) is 30.6 Å². The summed E-state index contributed by atoms with van der Waals surface area (Å²) in [6, 6.07) is 2.42. The third kappa shape index (κ3) is 2.29. The maximum absolute atomic E-state index is 10.9. The van der Waals surface area contributed by atoms with Gasteiger partial charge in [-0.2, -0.15) is 0 Å². The van der Waals surface area contributed by atoms with Crippen molar-refractivity contribution in [3.8, 4) is 23.0 Å². The molecule has 2 unspecified atom stereocenters. The number of hydrogen-bond acceptors (Lipinski definition) is 6. The highest BCUT2D eigenvalue weighted by Crippen LogP contribution is 2.51. The smallest absolute Gasteiger partial charge is 0.305 e. The number of phenolic OH excluding ortho intramolecular Hbond substituents is 4. The predicted octanol–water partition coefficient (Wildman–Crippen LogP) is 2.14. The van der Waals surface area contributed by atoms with E-state index in [1.807, 2.05) is 0 Å². The summed E-state index contributed by atoms with van der Waals surface area (Å²) in [6.45, 7) is 1.62. The van der Waals surface area contributed by atoms with E-state index in [1.54, 1.807) is 6.92 Å². The van der Waals surface area contributed by atoms with Crippen LogP contribution in [0.15, 0.2) is 12.1 Å². The van der Waals surface area contributed by atoms with Gasteiger partial charge in [0.05, 0.1) is 29.4 Å². The minimum absolute atomic E-state index is 0.0617. The molecule has 23 heavy (non-hydrogen) atoms. The van der Waals surface area contributed by atoms with Crippen molar-refractivity contribution in [1.82, 2.24) is 0 Å². The molecule has 2 atom stereocenters. The van der Waals surface area contributed by atoms with Gasteiger partial charge in [0.1, 0.15) is 23.0 Å². The van der Waals surface area contributed by atoms with E-state index in [-0.39, 0.29) is 52.2 Å². The van der Waals surface area contributed by atoms with Gasteiger partial charge in [-0.25, -0.2) is 0 Å². The van der Waals surface area contributed by atoms with Crippen molar-refractivity contribution in [2.75, 3.05) is 0 Å². The van der Waals surface area contributed by atoms with Crippen molar-refractivity contribution in [1.29, 1.82) is 0 Å². The molecule has 1 heterocycles. The van der Waals surface area contributed by atoms with Gasteiger partial charge in [0.15, 0.2) is 0 Å². The zero-order valence-corrected chi connectivity index (χ0v) is 12.3. The molecule has 0 saturated carbocycles. The van der Waals surface area contributed by atoms with Crippen molar-refractivity contribution < 1.29 is 35.1 Å². The SMILES string of the molecule is CC1OC(CC(=O)O)Cc2c1c(O)c1c(O)ccc(O)c1c2O. The first kappa shape index (κ1) is 15.2. The number of benzene rings is 2. The molecule has 2 aromatic rings. The minimum atomic E-state index is -1.03. The molecule has 0 radical (unpaired) electrons. The predicted molar refractivity (Wildman–Crippen MR) is 79.9 cm³/mol. The van der Waals surface area contributed by atoms with Gasteiger partial charge in [0, 0.05) is 17.5 Å². The molecule has 5 N–H and O–H groups in total. The first-order chi connectivity index (χ1) is 10.8. The number of hydrogen-bond donors (Lipinski definition) is 5. The second-order valence-electron chi connectivity index (χ2n) is 5.65. The van der Waals surface area contributed by atoms with Crippen LogP contribution in [0, 0.1) is 0 Å². The second kappa shape index (κ2) is 5.20. The maximum atomic E-state index is 10.9. The lowest BCUT2D eigenvalue weighted by Crippen LogP contribution is -2.27. The van der Waals surface area contributed by atoms with Crippen LogP contribution in [-0.2, 0) is 16.0 Å². The fraction of sp³-hybridized carbons (Fsp3) is 0.312. The molecule has 0 fully saturated rings. The number of rotatable bonds is 2. The normalized spacial score (nSPS) is 20.4. The monoisotopic (exact) mass is 320 g/mol. The molecular weight excluding hydrogens is 304 g/mol. The highest BCUT2D eigenvalue weighted by Gasteiger charge is 2.33. The van der Waals surface area contributed by atoms with Crippen LogP contribution in [0.2, 0.25) is 0 Å². The molecule has 122 valence electrons. The van der Waals surface area contributed by atoms with E-state index in [0.29, 0.717) is 5.56 Å². The maximum Gasteiger partial charge on any atom is 0.305 e. The number of carboxylic acids is 1. The lowest BCUT2D eigenvalue weighted by Gasteiger charge is -2.31. The molecule has 1 aliphatic rings. The summed E-state index contributed by atoms with van der Waals surface area (Å²) >= 11 is 0. The average molecular weight is 320 g/mol. The van der Waals surface area contributed by atoms with Crippen LogP contribution in [0.5, 0.6) is 23.0 Å². The quantitative estimate of drug-likeness (QED) is 0.536. The molecule has 7 nitrogen and oxygen atoms in total. The Hall–Kier alpha value is -2.67. The number of phenols is 4. The van der Waals surface area contributed by atoms with Gasteiger partial charge in [-0.15, -0.1) is 0 Å². The summed E-state index contributed by atoms with van der Waals surface area (Å²) in [5.74, 6) is -2.18. The Morgan fingerprint density at radius 3 is 2.26 bits per heavy atom. The first-order valence-corrected chi connectivity index (χ1v) is 7.09. The third-order valence-electron chi connectivity index (χ3n) is 4.14. The largest absolute Gasteiger partial charge is 0.507 e. The molecule has 3 rings (SSSR count). The van der Waals surface area contributed by atoms with Crippen LogP contribution < -0.4 is 0 Å². The fourth-order valence-corrected chi connectivity index (χ4v) is 3.21. The van der Waals surface area contributed by atoms with Gasteiger partial charge in [-0.3, -0.25) is 4.79 Å². The van der Waals surface area contributed by atoms with E-state index in [1.165, 1.54) is 12.1 Å². The molecule has 2 aromatic carbocycles. The van der Waals surface area contributed by atoms with Crippen molar-refractivity contribution in [2.24, 2.45) is 0 Å². The summed E-state index contributed by atoms with van der Waals surface area (Å²) in [5.41, 5.74) is 0.610. The fourth-order valence-electron chi connectivity index (χ4n) is 3.21. The van der Waals surface area contributed by atoms with E-state index in [2.05, 4.69) is 0 Å². The third-order valence-corrected chi connectivity index (χ3v) is 4.14. The van der Waals surface area contributed by atoms with Crippen molar-refractivity contribution in [3.05, 3.63) is 23.3 Å². The van der Waals surface area contributed by atoms with Crippen LogP contribution in [0.4, 0.5) is 0 Å². The van der Waals surface area contributed by atoms with E-state index in [9.17, 15) is 25.2 Å².